The number of aromatic nitrogens is 3. The van der Waals surface area contributed by atoms with Crippen LogP contribution in [0.3, 0.4) is 0 Å². The minimum Gasteiger partial charge on any atom is -0.457 e. The monoisotopic (exact) mass is 840 g/mol. The summed E-state index contributed by atoms with van der Waals surface area (Å²) in [5.74, 6) is -0.884. The Bertz CT molecular complexity index is 3910. The highest BCUT2D eigenvalue weighted by atomic mass is 28.3. The van der Waals surface area contributed by atoms with Crippen molar-refractivity contribution in [3.8, 4) is 17.2 Å². The van der Waals surface area contributed by atoms with Crippen LogP contribution in [0.15, 0.2) is 176 Å². The molecule has 9 aromatic rings. The molecule has 0 N–H and O–H groups in total. The Kier molecular flexibility index (Phi) is 4.77. The van der Waals surface area contributed by atoms with Gasteiger partial charge in [-0.25, -0.2) is 4.98 Å². The number of ether oxygens (including phenoxy) is 1. The molecular weight excluding hydrogens is 759 g/mol. The Morgan fingerprint density at radius 2 is 1.13 bits per heavy atom. The van der Waals surface area contributed by atoms with E-state index in [1.165, 1.54) is 18.2 Å². The second-order valence-corrected chi connectivity index (χ2v) is 18.9. The van der Waals surface area contributed by atoms with Gasteiger partial charge in [0.1, 0.15) is 11.5 Å². The van der Waals surface area contributed by atoms with E-state index in [4.69, 9.17) is 34.4 Å². The maximum atomic E-state index is 10.6. The number of hydrogen-bond donors (Lipinski definition) is 0. The smallest absolute Gasteiger partial charge is 0.220 e. The fraction of sp³-hybridized carbons (Fsp3) is 0.232. The molecule has 0 saturated carbocycles. The third kappa shape index (κ3) is 6.53. The van der Waals surface area contributed by atoms with Crippen molar-refractivity contribution in [2.24, 2.45) is 10.8 Å². The number of nitrogens with zero attached hydrogens (tertiary/aromatic N) is 3. The summed E-state index contributed by atoms with van der Waals surface area (Å²) in [6.07, 6.45) is -20.1. The quantitative estimate of drug-likeness (QED) is 0.107. The lowest BCUT2D eigenvalue weighted by molar-refractivity contribution is 0.253. The second-order valence-electron chi connectivity index (χ2n) is 15.1. The number of para-hydroxylation sites is 6. The van der Waals surface area contributed by atoms with Crippen LogP contribution in [0.2, 0.25) is 0 Å². The van der Waals surface area contributed by atoms with E-state index in [1.807, 2.05) is 69.6 Å². The van der Waals surface area contributed by atoms with Gasteiger partial charge in [0.25, 0.3) is 0 Å². The molecule has 0 saturated heterocycles. The van der Waals surface area contributed by atoms with Gasteiger partial charge < -0.3 is 4.74 Å². The maximum Gasteiger partial charge on any atom is 0.220 e. The lowest BCUT2D eigenvalue weighted by Gasteiger charge is -2.45. The highest BCUT2D eigenvalue weighted by Crippen LogP contribution is 2.54. The van der Waals surface area contributed by atoms with E-state index in [9.17, 15) is 11.0 Å². The number of rotatable bonds is 9. The summed E-state index contributed by atoms with van der Waals surface area (Å²) in [5.41, 5.74) is -12.9. The molecule has 0 aliphatic carbocycles. The van der Waals surface area contributed by atoms with Crippen LogP contribution >= 0.6 is 0 Å². The van der Waals surface area contributed by atoms with Gasteiger partial charge in [0.2, 0.25) is 5.78 Å². The van der Waals surface area contributed by atoms with E-state index in [0.29, 0.717) is 38.1 Å². The van der Waals surface area contributed by atoms with E-state index in [1.54, 1.807) is 72.8 Å². The van der Waals surface area contributed by atoms with Crippen LogP contribution < -0.4 is 25.5 Å². The highest BCUT2D eigenvalue weighted by molar-refractivity contribution is 7.20. The van der Waals surface area contributed by atoms with Gasteiger partial charge in [-0.3, -0.25) is 8.97 Å². The first-order chi connectivity index (χ1) is 40.1. The zero-order valence-corrected chi connectivity index (χ0v) is 33.5. The van der Waals surface area contributed by atoms with Crippen LogP contribution in [0.1, 0.15) is 113 Å². The SMILES string of the molecule is [2H]C([2H])([2H])C(C([2H])([2H])[2H])(C([2H])([2H])[2H])C([2H])([2H])C([2H])([2H])C1(C([2H])([2H])C([2H])([2H])C(C([2H])([2H])[2H])(C([2H])([2H])[2H])C([2H])([2H])[2H])c2ccccc2Oc2c1cccc2[Si](c1ccccc1)(c1ccccc1)c1cccc(-n2c3ccccc3n3c4ccccc4nc23)c1. The van der Waals surface area contributed by atoms with Crippen LogP contribution in [0.5, 0.6) is 11.5 Å². The molecule has 0 spiro atoms. The molecule has 61 heavy (non-hydrogen) atoms. The first-order valence-corrected chi connectivity index (χ1v) is 21.6. The fourth-order valence-electron chi connectivity index (χ4n) is 8.86. The summed E-state index contributed by atoms with van der Waals surface area (Å²) >= 11 is 0. The third-order valence-electron chi connectivity index (χ3n) is 11.3. The average Bonchev–Trinajstić information content (AvgIpc) is 1.18. The molecule has 5 heteroatoms. The molecule has 3 heterocycles. The van der Waals surface area contributed by atoms with Crippen molar-refractivity contribution in [3.63, 3.8) is 0 Å². The summed E-state index contributed by atoms with van der Waals surface area (Å²) in [6, 6.07) is 47.5. The Morgan fingerprint density at radius 1 is 0.574 bits per heavy atom. The largest absolute Gasteiger partial charge is 0.457 e. The molecule has 0 atom stereocenters. The van der Waals surface area contributed by atoms with Crippen LogP contribution in [-0.2, 0) is 5.41 Å². The topological polar surface area (TPSA) is 31.5 Å². The number of imidazole rings is 2. The molecule has 10 rings (SSSR count). The van der Waals surface area contributed by atoms with E-state index < -0.39 is 114 Å². The summed E-state index contributed by atoms with van der Waals surface area (Å²) < 4.78 is 251. The normalized spacial score (nSPS) is 22.4. The molecule has 7 aromatic carbocycles. The van der Waals surface area contributed by atoms with Gasteiger partial charge in [-0.2, -0.15) is 0 Å². The van der Waals surface area contributed by atoms with Gasteiger partial charge >= 0.3 is 0 Å². The van der Waals surface area contributed by atoms with E-state index in [-0.39, 0.29) is 5.19 Å². The van der Waals surface area contributed by atoms with Gasteiger partial charge in [0, 0.05) is 57.9 Å². The molecular formula is C56H55N3OSi. The predicted octanol–water partition coefficient (Wildman–Crippen LogP) is 11.9. The van der Waals surface area contributed by atoms with Gasteiger partial charge in [-0.05, 0) is 99.5 Å². The zero-order valence-electron chi connectivity index (χ0n) is 58.5. The summed E-state index contributed by atoms with van der Waals surface area (Å²) in [7, 11) is -4.47. The Morgan fingerprint density at radius 3 is 1.82 bits per heavy atom. The average molecular weight is 840 g/mol. The van der Waals surface area contributed by atoms with Crippen molar-refractivity contribution in [1.82, 2.24) is 14.0 Å². The summed E-state index contributed by atoms with van der Waals surface area (Å²) in [6.45, 7) is -27.9. The Hall–Kier alpha value is -6.17. The number of hydrogen-bond acceptors (Lipinski definition) is 2. The van der Waals surface area contributed by atoms with Crippen molar-refractivity contribution >= 4 is 56.7 Å². The standard InChI is InChI=1S/C56H55N3OSi/c1-54(2,3)35-37-56(38-36-55(4,5)6)44-27-13-18-33-50(44)60-52-45(56)28-20-34-51(52)61(41-22-9-7-10-23-41,42-24-11-8-12-25-42)43-26-19-21-40(39-43)58-48-31-16-17-32-49(48)59-47-30-15-14-29-46(47)57-53(58)59/h7-34,39H,35-38H2,1-6H3/i1D3,2D3,3D3,4D3,5D3,6D3,35D2,36D2,37D2,38D2. The van der Waals surface area contributed by atoms with Gasteiger partial charge in [-0.1, -0.05) is 175 Å². The van der Waals surface area contributed by atoms with Crippen LogP contribution in [-0.4, -0.2) is 22.0 Å². The first kappa shape index (κ1) is 19.7. The minimum atomic E-state index is -5.10. The molecule has 0 amide bonds. The van der Waals surface area contributed by atoms with Crippen molar-refractivity contribution in [2.45, 2.75) is 72.0 Å². The molecule has 1 aliphatic heterocycles. The van der Waals surface area contributed by atoms with Crippen LogP contribution in [0, 0.1) is 10.8 Å². The van der Waals surface area contributed by atoms with E-state index in [0.717, 1.165) is 35.3 Å². The van der Waals surface area contributed by atoms with Gasteiger partial charge in [0.05, 0.1) is 22.1 Å². The second kappa shape index (κ2) is 14.8. The maximum absolute atomic E-state index is 10.6. The highest BCUT2D eigenvalue weighted by Gasteiger charge is 2.49. The number of benzene rings is 7. The van der Waals surface area contributed by atoms with Crippen molar-refractivity contribution in [3.05, 3.63) is 187 Å². The molecule has 1 aliphatic rings. The zero-order chi connectivity index (χ0) is 64.2. The molecule has 0 bridgehead atoms. The number of fused-ring (bicyclic) bond motifs is 7. The fourth-order valence-corrected chi connectivity index (χ4v) is 13.8. The van der Waals surface area contributed by atoms with Crippen molar-refractivity contribution in [2.75, 3.05) is 0 Å². The predicted molar refractivity (Wildman–Crippen MR) is 258 cm³/mol. The molecule has 4 nitrogen and oxygen atoms in total. The molecule has 0 unspecified atom stereocenters. The third-order valence-corrected chi connectivity index (χ3v) is 16.0. The van der Waals surface area contributed by atoms with Crippen molar-refractivity contribution in [1.29, 1.82) is 0 Å². The molecule has 304 valence electrons. The molecule has 0 radical (unpaired) electrons. The van der Waals surface area contributed by atoms with E-state index >= 15 is 0 Å². The van der Waals surface area contributed by atoms with Crippen LogP contribution in [0.4, 0.5) is 0 Å². The van der Waals surface area contributed by atoms with Gasteiger partial charge in [-0.15, -0.1) is 0 Å². The Balaban J connectivity index is 1.45. The van der Waals surface area contributed by atoms with Crippen molar-refractivity contribution < 1.29 is 40.4 Å². The van der Waals surface area contributed by atoms with Crippen LogP contribution in [0.25, 0.3) is 33.5 Å². The minimum absolute atomic E-state index is 0.00216. The summed E-state index contributed by atoms with van der Waals surface area (Å²) in [5, 5.41) is 1.51. The van der Waals surface area contributed by atoms with Gasteiger partial charge in [0.15, 0.2) is 8.07 Å². The summed E-state index contributed by atoms with van der Waals surface area (Å²) in [4.78, 5) is 5.07. The molecule has 2 aromatic heterocycles. The molecule has 0 fully saturated rings. The lowest BCUT2D eigenvalue weighted by Crippen LogP contribution is -2.75. The Labute approximate surface area is 398 Å². The lowest BCUT2D eigenvalue weighted by atomic mass is 9.63. The van der Waals surface area contributed by atoms with E-state index in [2.05, 4.69) is 0 Å². The first-order valence-electron chi connectivity index (χ1n) is 32.6.